The summed E-state index contributed by atoms with van der Waals surface area (Å²) in [7, 11) is 0. The summed E-state index contributed by atoms with van der Waals surface area (Å²) in [6.07, 6.45) is 6.61. The maximum atomic E-state index is 13.8. The monoisotopic (exact) mass is 526 g/mol. The van der Waals surface area contributed by atoms with E-state index in [-0.39, 0.29) is 10.9 Å². The summed E-state index contributed by atoms with van der Waals surface area (Å²) in [6, 6.07) is 12.4. The van der Waals surface area contributed by atoms with Crippen LogP contribution >= 0.6 is 40.4 Å². The number of halogens is 2. The molecule has 0 aliphatic heterocycles. The van der Waals surface area contributed by atoms with Crippen LogP contribution in [0.25, 0.3) is 0 Å². The molecular weight excluding hydrogens is 499 g/mol. The highest BCUT2D eigenvalue weighted by atomic mass is 79.9. The molecule has 2 rings (SSSR count). The molecule has 0 aromatic heterocycles. The maximum absolute atomic E-state index is 13.8. The zero-order valence-corrected chi connectivity index (χ0v) is 20.5. The van der Waals surface area contributed by atoms with Crippen molar-refractivity contribution in [1.82, 2.24) is 5.32 Å². The van der Waals surface area contributed by atoms with Crippen LogP contribution in [0, 0.1) is 5.82 Å². The Hall–Kier alpha value is -1.97. The molecular formula is C22H28BrFN4OS2. The van der Waals surface area contributed by atoms with Gasteiger partial charge in [-0.05, 0) is 67.6 Å². The smallest absolute Gasteiger partial charge is 0.170 e. The van der Waals surface area contributed by atoms with Gasteiger partial charge in [-0.15, -0.1) is 0 Å². The SMILES string of the molecule is NC(=S)Nc1cccc(OCCCCCCCCNC(=S)Nc2ccc(Br)cc2F)c1. The summed E-state index contributed by atoms with van der Waals surface area (Å²) < 4.78 is 20.3. The van der Waals surface area contributed by atoms with Crippen molar-refractivity contribution in [3.8, 4) is 5.75 Å². The number of nitrogens with one attached hydrogen (secondary N) is 3. The largest absolute Gasteiger partial charge is 0.494 e. The van der Waals surface area contributed by atoms with Gasteiger partial charge in [0, 0.05) is 22.8 Å². The van der Waals surface area contributed by atoms with Gasteiger partial charge in [-0.25, -0.2) is 4.39 Å². The van der Waals surface area contributed by atoms with Crippen molar-refractivity contribution < 1.29 is 9.13 Å². The standard InChI is InChI=1S/C22H28BrFN4OS2/c23-16-10-11-20(19(24)14-16)28-22(31)26-12-5-3-1-2-4-6-13-29-18-9-7-8-17(15-18)27-21(25)30/h7-11,14-15H,1-6,12-13H2,(H3,25,27,30)(H2,26,28,31). The highest BCUT2D eigenvalue weighted by Crippen LogP contribution is 2.19. The topological polar surface area (TPSA) is 71.3 Å². The Morgan fingerprint density at radius 1 is 0.968 bits per heavy atom. The number of anilines is 2. The van der Waals surface area contributed by atoms with E-state index in [1.165, 1.54) is 12.5 Å². The first kappa shape index (κ1) is 25.3. The number of rotatable bonds is 12. The predicted octanol–water partition coefficient (Wildman–Crippen LogP) is 5.95. The molecule has 0 saturated carbocycles. The average molecular weight is 528 g/mol. The van der Waals surface area contributed by atoms with E-state index in [0.717, 1.165) is 50.1 Å². The van der Waals surface area contributed by atoms with Gasteiger partial charge in [0.1, 0.15) is 11.6 Å². The van der Waals surface area contributed by atoms with Gasteiger partial charge in [-0.2, -0.15) is 0 Å². The van der Waals surface area contributed by atoms with Crippen LogP contribution in [0.3, 0.4) is 0 Å². The molecule has 0 unspecified atom stereocenters. The van der Waals surface area contributed by atoms with Crippen molar-refractivity contribution in [3.63, 3.8) is 0 Å². The first-order chi connectivity index (χ1) is 14.9. The van der Waals surface area contributed by atoms with Crippen molar-refractivity contribution in [2.75, 3.05) is 23.8 Å². The van der Waals surface area contributed by atoms with E-state index in [1.54, 1.807) is 12.1 Å². The number of hydrogen-bond donors (Lipinski definition) is 4. The minimum atomic E-state index is -0.341. The van der Waals surface area contributed by atoms with E-state index in [1.807, 2.05) is 24.3 Å². The summed E-state index contributed by atoms with van der Waals surface area (Å²) in [5.74, 6) is 0.464. The summed E-state index contributed by atoms with van der Waals surface area (Å²) in [5, 5.41) is 9.58. The van der Waals surface area contributed by atoms with Crippen LogP contribution in [0.1, 0.15) is 38.5 Å². The number of nitrogens with two attached hydrogens (primary N) is 1. The lowest BCUT2D eigenvalue weighted by molar-refractivity contribution is 0.304. The third-order valence-corrected chi connectivity index (χ3v) is 5.25. The Morgan fingerprint density at radius 2 is 1.71 bits per heavy atom. The summed E-state index contributed by atoms with van der Waals surface area (Å²) >= 11 is 13.3. The number of benzene rings is 2. The van der Waals surface area contributed by atoms with E-state index < -0.39 is 0 Å². The fourth-order valence-corrected chi connectivity index (χ4v) is 3.55. The van der Waals surface area contributed by atoms with Gasteiger partial charge in [-0.1, -0.05) is 47.7 Å². The first-order valence-electron chi connectivity index (χ1n) is 10.2. The molecule has 0 spiro atoms. The molecule has 0 heterocycles. The fraction of sp³-hybridized carbons (Fsp3) is 0.364. The molecule has 31 heavy (non-hydrogen) atoms. The molecule has 5 nitrogen and oxygen atoms in total. The van der Waals surface area contributed by atoms with Crippen LogP contribution in [-0.4, -0.2) is 23.4 Å². The second kappa shape index (κ2) is 14.2. The predicted molar refractivity (Wildman–Crippen MR) is 138 cm³/mol. The zero-order chi connectivity index (χ0) is 22.5. The average Bonchev–Trinajstić information content (AvgIpc) is 2.71. The summed E-state index contributed by atoms with van der Waals surface area (Å²) in [4.78, 5) is 0. The van der Waals surface area contributed by atoms with E-state index in [0.29, 0.717) is 21.9 Å². The Labute approximate surface area is 202 Å². The van der Waals surface area contributed by atoms with Crippen LogP contribution in [0.5, 0.6) is 5.75 Å². The van der Waals surface area contributed by atoms with Crippen molar-refractivity contribution in [1.29, 1.82) is 0 Å². The lowest BCUT2D eigenvalue weighted by atomic mass is 10.1. The van der Waals surface area contributed by atoms with Crippen LogP contribution in [0.2, 0.25) is 0 Å². The Bertz CT molecular complexity index is 869. The molecule has 168 valence electrons. The second-order valence-corrected chi connectivity index (χ2v) is 8.76. The molecule has 0 amide bonds. The molecule has 0 aliphatic rings. The lowest BCUT2D eigenvalue weighted by Crippen LogP contribution is -2.29. The van der Waals surface area contributed by atoms with Crippen molar-refractivity contribution in [3.05, 3.63) is 52.8 Å². The highest BCUT2D eigenvalue weighted by molar-refractivity contribution is 9.10. The lowest BCUT2D eigenvalue weighted by Gasteiger charge is -2.11. The first-order valence-corrected chi connectivity index (χ1v) is 11.8. The molecule has 2 aromatic carbocycles. The Kier molecular flexibility index (Phi) is 11.6. The van der Waals surface area contributed by atoms with Crippen LogP contribution in [-0.2, 0) is 0 Å². The van der Waals surface area contributed by atoms with Crippen molar-refractivity contribution in [2.45, 2.75) is 38.5 Å². The van der Waals surface area contributed by atoms with Crippen LogP contribution in [0.15, 0.2) is 46.9 Å². The quantitative estimate of drug-likeness (QED) is 0.201. The number of unbranched alkanes of at least 4 members (excludes halogenated alkanes) is 5. The van der Waals surface area contributed by atoms with E-state index in [2.05, 4.69) is 31.9 Å². The minimum absolute atomic E-state index is 0.240. The normalized spacial score (nSPS) is 10.4. The van der Waals surface area contributed by atoms with Crippen LogP contribution < -0.4 is 26.4 Å². The van der Waals surface area contributed by atoms with Gasteiger partial charge in [0.25, 0.3) is 0 Å². The molecule has 0 saturated heterocycles. The molecule has 9 heteroatoms. The number of thiocarbonyl (C=S) groups is 2. The van der Waals surface area contributed by atoms with E-state index in [9.17, 15) is 4.39 Å². The molecule has 0 bridgehead atoms. The van der Waals surface area contributed by atoms with Gasteiger partial charge in [0.2, 0.25) is 0 Å². The van der Waals surface area contributed by atoms with E-state index >= 15 is 0 Å². The minimum Gasteiger partial charge on any atom is -0.494 e. The Balaban J connectivity index is 1.47. The fourth-order valence-electron chi connectivity index (χ4n) is 2.89. The second-order valence-electron chi connectivity index (χ2n) is 6.99. The van der Waals surface area contributed by atoms with Crippen LogP contribution in [0.4, 0.5) is 15.8 Å². The van der Waals surface area contributed by atoms with Gasteiger partial charge < -0.3 is 26.4 Å². The highest BCUT2D eigenvalue weighted by Gasteiger charge is 2.04. The molecule has 0 aliphatic carbocycles. The van der Waals surface area contributed by atoms with Crippen molar-refractivity contribution >= 4 is 62.0 Å². The van der Waals surface area contributed by atoms with Gasteiger partial charge in [0.15, 0.2) is 10.2 Å². The molecule has 2 aromatic rings. The molecule has 0 radical (unpaired) electrons. The third kappa shape index (κ3) is 10.8. The van der Waals surface area contributed by atoms with Gasteiger partial charge in [0.05, 0.1) is 12.3 Å². The van der Waals surface area contributed by atoms with Crippen molar-refractivity contribution in [2.24, 2.45) is 5.73 Å². The molecule has 0 atom stereocenters. The third-order valence-electron chi connectivity index (χ3n) is 4.41. The Morgan fingerprint density at radius 3 is 2.45 bits per heavy atom. The number of ether oxygens (including phenoxy) is 1. The summed E-state index contributed by atoms with van der Waals surface area (Å²) in [6.45, 7) is 1.45. The molecule has 0 fully saturated rings. The van der Waals surface area contributed by atoms with Gasteiger partial charge in [-0.3, -0.25) is 0 Å². The zero-order valence-electron chi connectivity index (χ0n) is 17.3. The molecule has 5 N–H and O–H groups in total. The number of hydrogen-bond acceptors (Lipinski definition) is 3. The maximum Gasteiger partial charge on any atom is 0.170 e. The van der Waals surface area contributed by atoms with E-state index in [4.69, 9.17) is 34.9 Å². The summed E-state index contributed by atoms with van der Waals surface area (Å²) in [5.41, 5.74) is 6.68. The van der Waals surface area contributed by atoms with Gasteiger partial charge >= 0.3 is 0 Å².